The Labute approximate surface area is 97.6 Å². The highest BCUT2D eigenvalue weighted by molar-refractivity contribution is 6.08. The highest BCUT2D eigenvalue weighted by Crippen LogP contribution is 2.24. The number of nitrogens with one attached hydrogen (secondary N) is 1. The summed E-state index contributed by atoms with van der Waals surface area (Å²) in [4.78, 5) is 22.9. The maximum atomic E-state index is 11.7. The molecular weight excluding hydrogens is 220 g/mol. The molecule has 0 unspecified atom stereocenters. The van der Waals surface area contributed by atoms with Gasteiger partial charge in [-0.3, -0.25) is 9.59 Å². The third-order valence-electron chi connectivity index (χ3n) is 2.50. The zero-order chi connectivity index (χ0) is 12.6. The van der Waals surface area contributed by atoms with Crippen molar-refractivity contribution in [2.75, 3.05) is 7.05 Å². The highest BCUT2D eigenvalue weighted by atomic mass is 16.3. The number of nitrogens with two attached hydrogens (primary N) is 1. The van der Waals surface area contributed by atoms with Gasteiger partial charge in [0, 0.05) is 18.0 Å². The highest BCUT2D eigenvalue weighted by Gasteiger charge is 2.16. The maximum Gasteiger partial charge on any atom is 0.254 e. The van der Waals surface area contributed by atoms with Crippen molar-refractivity contribution in [2.24, 2.45) is 5.73 Å². The van der Waals surface area contributed by atoms with Crippen molar-refractivity contribution in [2.45, 2.75) is 6.92 Å². The van der Waals surface area contributed by atoms with Crippen molar-refractivity contribution in [3.8, 4) is 0 Å². The zero-order valence-electron chi connectivity index (χ0n) is 9.53. The van der Waals surface area contributed by atoms with Crippen LogP contribution in [0, 0.1) is 6.92 Å². The van der Waals surface area contributed by atoms with Gasteiger partial charge in [-0.25, -0.2) is 0 Å². The topological polar surface area (TPSA) is 85.3 Å². The Morgan fingerprint density at radius 3 is 2.59 bits per heavy atom. The molecule has 0 aliphatic carbocycles. The molecule has 2 amide bonds. The van der Waals surface area contributed by atoms with Crippen molar-refractivity contribution < 1.29 is 14.0 Å². The van der Waals surface area contributed by atoms with Gasteiger partial charge < -0.3 is 15.5 Å². The van der Waals surface area contributed by atoms with Crippen molar-refractivity contribution in [3.05, 3.63) is 35.1 Å². The fourth-order valence-electron chi connectivity index (χ4n) is 1.73. The number of rotatable bonds is 2. The molecule has 0 bridgehead atoms. The van der Waals surface area contributed by atoms with Gasteiger partial charge in [0.15, 0.2) is 0 Å². The molecule has 88 valence electrons. The first-order chi connectivity index (χ1) is 8.02. The second-order valence-electron chi connectivity index (χ2n) is 3.74. The molecule has 1 heterocycles. The molecule has 0 saturated carbocycles. The molecule has 1 aromatic heterocycles. The van der Waals surface area contributed by atoms with Crippen molar-refractivity contribution in [3.63, 3.8) is 0 Å². The van der Waals surface area contributed by atoms with E-state index in [1.54, 1.807) is 19.1 Å². The largest absolute Gasteiger partial charge is 0.461 e. The van der Waals surface area contributed by atoms with Crippen LogP contribution in [0.3, 0.4) is 0 Å². The first-order valence-corrected chi connectivity index (χ1v) is 5.09. The molecule has 0 fully saturated rings. The van der Waals surface area contributed by atoms with Gasteiger partial charge in [0.1, 0.15) is 11.3 Å². The van der Waals surface area contributed by atoms with Crippen LogP contribution in [0.4, 0.5) is 0 Å². The second kappa shape index (κ2) is 3.93. The summed E-state index contributed by atoms with van der Waals surface area (Å²) in [6.45, 7) is 1.78. The molecule has 17 heavy (non-hydrogen) atoms. The van der Waals surface area contributed by atoms with E-state index in [0.29, 0.717) is 22.3 Å². The van der Waals surface area contributed by atoms with Crippen LogP contribution >= 0.6 is 0 Å². The molecule has 0 saturated heterocycles. The van der Waals surface area contributed by atoms with Crippen LogP contribution in [0.1, 0.15) is 26.5 Å². The SMILES string of the molecule is CNC(=O)c1cc(C(N)=O)cc2cc(C)oc12. The number of carbonyl (C=O) groups is 2. The van der Waals surface area contributed by atoms with Crippen molar-refractivity contribution in [1.29, 1.82) is 0 Å². The Balaban J connectivity index is 2.77. The van der Waals surface area contributed by atoms with Crippen LogP contribution in [0.5, 0.6) is 0 Å². The van der Waals surface area contributed by atoms with Gasteiger partial charge in [0.05, 0.1) is 5.56 Å². The van der Waals surface area contributed by atoms with Crippen LogP contribution in [0.25, 0.3) is 11.0 Å². The van der Waals surface area contributed by atoms with E-state index in [1.165, 1.54) is 13.1 Å². The summed E-state index contributed by atoms with van der Waals surface area (Å²) in [7, 11) is 1.51. The maximum absolute atomic E-state index is 11.7. The second-order valence-corrected chi connectivity index (χ2v) is 3.74. The van der Waals surface area contributed by atoms with Gasteiger partial charge in [-0.1, -0.05) is 0 Å². The standard InChI is InChI=1S/C12H12N2O3/c1-6-3-7-4-8(11(13)15)5-9(10(7)17-6)12(16)14-2/h3-5H,1-2H3,(H2,13,15)(H,14,16). The fraction of sp³-hybridized carbons (Fsp3) is 0.167. The van der Waals surface area contributed by atoms with Gasteiger partial charge >= 0.3 is 0 Å². The van der Waals surface area contributed by atoms with Crippen LogP contribution in [0.2, 0.25) is 0 Å². The number of benzene rings is 1. The molecule has 5 nitrogen and oxygen atoms in total. The van der Waals surface area contributed by atoms with Crippen LogP contribution in [0.15, 0.2) is 22.6 Å². The average Bonchev–Trinajstić information content (AvgIpc) is 2.66. The van der Waals surface area contributed by atoms with Gasteiger partial charge in [-0.2, -0.15) is 0 Å². The van der Waals surface area contributed by atoms with E-state index in [1.807, 2.05) is 0 Å². The van der Waals surface area contributed by atoms with E-state index in [0.717, 1.165) is 0 Å². The number of fused-ring (bicyclic) bond motifs is 1. The predicted octanol–water partition coefficient (Wildman–Crippen LogP) is 1.20. The number of primary amides is 1. The first kappa shape index (κ1) is 11.2. The molecular formula is C12H12N2O3. The average molecular weight is 232 g/mol. The Kier molecular flexibility index (Phi) is 2.59. The van der Waals surface area contributed by atoms with Crippen LogP contribution in [-0.4, -0.2) is 18.9 Å². The number of hydrogen-bond acceptors (Lipinski definition) is 3. The molecule has 5 heteroatoms. The minimum Gasteiger partial charge on any atom is -0.461 e. The molecule has 0 aliphatic rings. The number of aryl methyl sites for hydroxylation is 1. The van der Waals surface area contributed by atoms with Gasteiger partial charge in [0.25, 0.3) is 5.91 Å². The van der Waals surface area contributed by atoms with Crippen LogP contribution in [-0.2, 0) is 0 Å². The Morgan fingerprint density at radius 2 is 2.00 bits per heavy atom. The van der Waals surface area contributed by atoms with Gasteiger partial charge in [-0.05, 0) is 25.1 Å². The molecule has 2 rings (SSSR count). The molecule has 2 aromatic rings. The third kappa shape index (κ3) is 1.87. The summed E-state index contributed by atoms with van der Waals surface area (Å²) in [5.74, 6) is -0.213. The minimum atomic E-state index is -0.573. The summed E-state index contributed by atoms with van der Waals surface area (Å²) >= 11 is 0. The van der Waals surface area contributed by atoms with E-state index in [4.69, 9.17) is 10.2 Å². The molecule has 3 N–H and O–H groups in total. The van der Waals surface area contributed by atoms with Gasteiger partial charge in [-0.15, -0.1) is 0 Å². The first-order valence-electron chi connectivity index (χ1n) is 5.09. The van der Waals surface area contributed by atoms with Crippen molar-refractivity contribution in [1.82, 2.24) is 5.32 Å². The normalized spacial score (nSPS) is 10.5. The predicted molar refractivity (Wildman–Crippen MR) is 62.9 cm³/mol. The smallest absolute Gasteiger partial charge is 0.254 e. The molecule has 0 aliphatic heterocycles. The quantitative estimate of drug-likeness (QED) is 0.815. The lowest BCUT2D eigenvalue weighted by Gasteiger charge is -2.03. The monoisotopic (exact) mass is 232 g/mol. The third-order valence-corrected chi connectivity index (χ3v) is 2.50. The van der Waals surface area contributed by atoms with E-state index >= 15 is 0 Å². The van der Waals surface area contributed by atoms with E-state index in [2.05, 4.69) is 5.32 Å². The number of hydrogen-bond donors (Lipinski definition) is 2. The lowest BCUT2D eigenvalue weighted by Crippen LogP contribution is -2.19. The zero-order valence-corrected chi connectivity index (χ0v) is 9.53. The van der Waals surface area contributed by atoms with E-state index in [-0.39, 0.29) is 11.5 Å². The number of carbonyl (C=O) groups excluding carboxylic acids is 2. The molecule has 1 aromatic carbocycles. The van der Waals surface area contributed by atoms with E-state index < -0.39 is 5.91 Å². The summed E-state index contributed by atoms with van der Waals surface area (Å²) < 4.78 is 5.44. The van der Waals surface area contributed by atoms with Crippen LogP contribution < -0.4 is 11.1 Å². The molecule has 0 radical (unpaired) electrons. The summed E-state index contributed by atoms with van der Waals surface area (Å²) in [5.41, 5.74) is 6.29. The minimum absolute atomic E-state index is 0.289. The Morgan fingerprint density at radius 1 is 1.29 bits per heavy atom. The summed E-state index contributed by atoms with van der Waals surface area (Å²) in [6.07, 6.45) is 0. The Bertz CT molecular complexity index is 613. The number of amides is 2. The van der Waals surface area contributed by atoms with E-state index in [9.17, 15) is 9.59 Å². The van der Waals surface area contributed by atoms with Gasteiger partial charge in [0.2, 0.25) is 5.91 Å². The summed E-state index contributed by atoms with van der Waals surface area (Å²) in [6, 6.07) is 4.81. The lowest BCUT2D eigenvalue weighted by molar-refractivity contribution is 0.0963. The molecule has 0 atom stereocenters. The molecule has 0 spiro atoms. The lowest BCUT2D eigenvalue weighted by atomic mass is 10.1. The van der Waals surface area contributed by atoms with Crippen molar-refractivity contribution >= 4 is 22.8 Å². The summed E-state index contributed by atoms with van der Waals surface area (Å²) in [5, 5.41) is 3.19. The number of furan rings is 1. The fourth-order valence-corrected chi connectivity index (χ4v) is 1.73. The Hall–Kier alpha value is -2.30.